The Hall–Kier alpha value is -0.320. The zero-order chi connectivity index (χ0) is 12.7. The molecule has 1 aliphatic heterocycles. The number of hydrogen-bond donors (Lipinski definition) is 2. The number of hydrogen-bond acceptors (Lipinski definition) is 3. The summed E-state index contributed by atoms with van der Waals surface area (Å²) in [6.45, 7) is 6.73. The maximum atomic E-state index is 11.9. The number of nitrogens with one attached hydrogen (secondary N) is 2. The minimum atomic E-state index is 0. The number of amides is 1. The van der Waals surface area contributed by atoms with Crippen LogP contribution in [-0.2, 0) is 9.53 Å². The Balaban J connectivity index is 0.00000289. The van der Waals surface area contributed by atoms with E-state index >= 15 is 0 Å². The molecule has 4 nitrogen and oxygen atoms in total. The van der Waals surface area contributed by atoms with Crippen molar-refractivity contribution in [1.29, 1.82) is 0 Å². The zero-order valence-electron chi connectivity index (χ0n) is 11.8. The van der Waals surface area contributed by atoms with Gasteiger partial charge in [0.15, 0.2) is 0 Å². The molecule has 0 bridgehead atoms. The summed E-state index contributed by atoms with van der Waals surface area (Å²) in [5, 5.41) is 6.31. The summed E-state index contributed by atoms with van der Waals surface area (Å²) in [5.74, 6) is 0.148. The van der Waals surface area contributed by atoms with Crippen LogP contribution in [0.4, 0.5) is 0 Å². The fraction of sp³-hybridized carbons (Fsp3) is 0.923. The Kier molecular flexibility index (Phi) is 8.57. The molecule has 0 radical (unpaired) electrons. The lowest BCUT2D eigenvalue weighted by atomic mass is 9.89. The molecular formula is C13H27ClN2O2. The maximum Gasteiger partial charge on any atom is 0.237 e. The highest BCUT2D eigenvalue weighted by molar-refractivity contribution is 5.85. The van der Waals surface area contributed by atoms with E-state index in [-0.39, 0.29) is 29.8 Å². The second-order valence-electron chi connectivity index (χ2n) is 5.63. The largest absolute Gasteiger partial charge is 0.385 e. The van der Waals surface area contributed by atoms with Gasteiger partial charge in [-0.25, -0.2) is 0 Å². The molecule has 1 unspecified atom stereocenters. The van der Waals surface area contributed by atoms with Crippen LogP contribution >= 0.6 is 12.4 Å². The van der Waals surface area contributed by atoms with E-state index in [9.17, 15) is 4.79 Å². The summed E-state index contributed by atoms with van der Waals surface area (Å²) in [5.41, 5.74) is 0.0976. The van der Waals surface area contributed by atoms with Gasteiger partial charge in [-0.3, -0.25) is 4.79 Å². The van der Waals surface area contributed by atoms with Gasteiger partial charge in [-0.1, -0.05) is 20.3 Å². The molecule has 1 amide bonds. The first kappa shape index (κ1) is 17.7. The summed E-state index contributed by atoms with van der Waals surface area (Å²) >= 11 is 0. The van der Waals surface area contributed by atoms with Crippen molar-refractivity contribution in [3.63, 3.8) is 0 Å². The van der Waals surface area contributed by atoms with E-state index in [2.05, 4.69) is 24.5 Å². The van der Waals surface area contributed by atoms with Gasteiger partial charge in [0.2, 0.25) is 5.91 Å². The molecule has 0 saturated carbocycles. The predicted octanol–water partition coefficient (Wildman–Crippen LogP) is 1.73. The summed E-state index contributed by atoms with van der Waals surface area (Å²) in [6, 6.07) is 0.0157. The SMILES string of the molecule is COCCC(C)(C)CNC(=O)C1CCCCN1.Cl. The molecule has 1 rings (SSSR count). The highest BCUT2D eigenvalue weighted by Gasteiger charge is 2.23. The standard InChI is InChI=1S/C13H26N2O2.ClH/c1-13(2,7-9-17-3)10-15-12(16)11-6-4-5-8-14-11;/h11,14H,4-10H2,1-3H3,(H,15,16);1H. The average molecular weight is 279 g/mol. The Morgan fingerprint density at radius 3 is 2.72 bits per heavy atom. The van der Waals surface area contributed by atoms with E-state index in [0.29, 0.717) is 6.54 Å². The Bertz CT molecular complexity index is 241. The minimum Gasteiger partial charge on any atom is -0.385 e. The van der Waals surface area contributed by atoms with E-state index in [1.54, 1.807) is 7.11 Å². The fourth-order valence-corrected chi connectivity index (χ4v) is 1.99. The Morgan fingerprint density at radius 2 is 2.17 bits per heavy atom. The number of carbonyl (C=O) groups excluding carboxylic acids is 1. The van der Waals surface area contributed by atoms with Crippen molar-refractivity contribution in [3.8, 4) is 0 Å². The van der Waals surface area contributed by atoms with Crippen molar-refractivity contribution in [1.82, 2.24) is 10.6 Å². The van der Waals surface area contributed by atoms with E-state index in [1.807, 2.05) is 0 Å². The molecule has 18 heavy (non-hydrogen) atoms. The van der Waals surface area contributed by atoms with E-state index in [4.69, 9.17) is 4.74 Å². The van der Waals surface area contributed by atoms with Crippen LogP contribution in [0, 0.1) is 5.41 Å². The van der Waals surface area contributed by atoms with Crippen molar-refractivity contribution in [3.05, 3.63) is 0 Å². The quantitative estimate of drug-likeness (QED) is 0.778. The van der Waals surface area contributed by atoms with Crippen LogP contribution in [0.3, 0.4) is 0 Å². The highest BCUT2D eigenvalue weighted by atomic mass is 35.5. The normalized spacial score (nSPS) is 20.1. The third kappa shape index (κ3) is 6.57. The molecule has 0 aliphatic carbocycles. The Labute approximate surface area is 117 Å². The van der Waals surface area contributed by atoms with Crippen molar-refractivity contribution in [2.45, 2.75) is 45.6 Å². The molecule has 1 fully saturated rings. The number of ether oxygens (including phenoxy) is 1. The minimum absolute atomic E-state index is 0. The van der Waals surface area contributed by atoms with Gasteiger partial charge in [0.25, 0.3) is 0 Å². The molecule has 1 saturated heterocycles. The first-order valence-electron chi connectivity index (χ1n) is 6.55. The highest BCUT2D eigenvalue weighted by Crippen LogP contribution is 2.19. The monoisotopic (exact) mass is 278 g/mol. The van der Waals surface area contributed by atoms with Gasteiger partial charge < -0.3 is 15.4 Å². The number of methoxy groups -OCH3 is 1. The second kappa shape index (κ2) is 8.73. The third-order valence-corrected chi connectivity index (χ3v) is 3.35. The molecule has 0 aromatic carbocycles. The number of carbonyl (C=O) groups is 1. The Morgan fingerprint density at radius 1 is 1.44 bits per heavy atom. The van der Waals surface area contributed by atoms with Gasteiger partial charge in [-0.05, 0) is 31.2 Å². The lowest BCUT2D eigenvalue weighted by Crippen LogP contribution is -2.48. The van der Waals surface area contributed by atoms with Crippen molar-refractivity contribution < 1.29 is 9.53 Å². The van der Waals surface area contributed by atoms with Gasteiger partial charge in [0.05, 0.1) is 6.04 Å². The van der Waals surface area contributed by atoms with Crippen LogP contribution in [0.25, 0.3) is 0 Å². The van der Waals surface area contributed by atoms with E-state index in [0.717, 1.165) is 32.4 Å². The van der Waals surface area contributed by atoms with Crippen molar-refractivity contribution in [2.24, 2.45) is 5.41 Å². The lowest BCUT2D eigenvalue weighted by molar-refractivity contribution is -0.124. The number of piperidine rings is 1. The topological polar surface area (TPSA) is 50.4 Å². The maximum absolute atomic E-state index is 11.9. The van der Waals surface area contributed by atoms with Crippen LogP contribution in [0.15, 0.2) is 0 Å². The van der Waals surface area contributed by atoms with Gasteiger partial charge in [-0.15, -0.1) is 12.4 Å². The lowest BCUT2D eigenvalue weighted by Gasteiger charge is -2.27. The van der Waals surface area contributed by atoms with Crippen LogP contribution in [0.1, 0.15) is 39.5 Å². The first-order valence-corrected chi connectivity index (χ1v) is 6.55. The molecular weight excluding hydrogens is 252 g/mol. The first-order chi connectivity index (χ1) is 8.05. The number of rotatable bonds is 6. The van der Waals surface area contributed by atoms with Gasteiger partial charge in [-0.2, -0.15) is 0 Å². The molecule has 5 heteroatoms. The smallest absolute Gasteiger partial charge is 0.237 e. The molecule has 1 heterocycles. The molecule has 1 aliphatic rings. The summed E-state index contributed by atoms with van der Waals surface area (Å²) in [7, 11) is 1.71. The van der Waals surface area contributed by atoms with Crippen LogP contribution in [0.2, 0.25) is 0 Å². The van der Waals surface area contributed by atoms with Gasteiger partial charge in [0.1, 0.15) is 0 Å². The molecule has 2 N–H and O–H groups in total. The van der Waals surface area contributed by atoms with Crippen LogP contribution in [0.5, 0.6) is 0 Å². The molecule has 0 aromatic rings. The van der Waals surface area contributed by atoms with E-state index < -0.39 is 0 Å². The average Bonchev–Trinajstić information content (AvgIpc) is 2.35. The van der Waals surface area contributed by atoms with Gasteiger partial charge >= 0.3 is 0 Å². The van der Waals surface area contributed by atoms with E-state index in [1.165, 1.54) is 6.42 Å². The zero-order valence-corrected chi connectivity index (χ0v) is 12.6. The van der Waals surface area contributed by atoms with Crippen molar-refractivity contribution in [2.75, 3.05) is 26.8 Å². The molecule has 0 spiro atoms. The molecule has 1 atom stereocenters. The third-order valence-electron chi connectivity index (χ3n) is 3.35. The predicted molar refractivity (Wildman–Crippen MR) is 76.2 cm³/mol. The fourth-order valence-electron chi connectivity index (χ4n) is 1.99. The molecule has 108 valence electrons. The van der Waals surface area contributed by atoms with Gasteiger partial charge in [0, 0.05) is 20.3 Å². The summed E-state index contributed by atoms with van der Waals surface area (Å²) in [6.07, 6.45) is 4.26. The van der Waals surface area contributed by atoms with Crippen LogP contribution in [-0.4, -0.2) is 38.8 Å². The van der Waals surface area contributed by atoms with Crippen LogP contribution < -0.4 is 10.6 Å². The number of halogens is 1. The summed E-state index contributed by atoms with van der Waals surface area (Å²) < 4.78 is 5.08. The summed E-state index contributed by atoms with van der Waals surface area (Å²) in [4.78, 5) is 11.9. The van der Waals surface area contributed by atoms with Crippen molar-refractivity contribution >= 4 is 18.3 Å². The molecule has 0 aromatic heterocycles. The second-order valence-corrected chi connectivity index (χ2v) is 5.63.